The number of rotatable bonds is 6. The van der Waals surface area contributed by atoms with Crippen molar-refractivity contribution in [3.05, 3.63) is 36.5 Å². The molecule has 1 heterocycles. The summed E-state index contributed by atoms with van der Waals surface area (Å²) in [5, 5.41) is 0. The number of carbonyl (C=O) groups is 5. The van der Waals surface area contributed by atoms with Crippen LogP contribution in [0.4, 0.5) is 0 Å². The third-order valence-electron chi connectivity index (χ3n) is 6.96. The molecule has 0 N–H and O–H groups in total. The van der Waals surface area contributed by atoms with E-state index < -0.39 is 71.3 Å². The summed E-state index contributed by atoms with van der Waals surface area (Å²) in [5.41, 5.74) is -1.40. The molecule has 0 bridgehead atoms. The first-order valence-electron chi connectivity index (χ1n) is 11.2. The molecule has 2 fully saturated rings. The summed E-state index contributed by atoms with van der Waals surface area (Å²) in [6.07, 6.45) is 0.0636. The average Bonchev–Trinajstić information content (AvgIpc) is 3.21. The van der Waals surface area contributed by atoms with E-state index in [4.69, 9.17) is 18.9 Å². The molecule has 3 aliphatic rings. The van der Waals surface area contributed by atoms with E-state index in [0.29, 0.717) is 0 Å². The van der Waals surface area contributed by atoms with Crippen molar-refractivity contribution in [2.75, 3.05) is 6.61 Å². The SMILES string of the molecule is C=C(COC(C)=O)C(=O)OC1C2C(=C)C(=O)OC2C(OC(=O)C(C)C)C(C)C2C=CC(=O)C21C. The highest BCUT2D eigenvalue weighted by molar-refractivity contribution is 6.00. The second-order valence-electron chi connectivity index (χ2n) is 9.58. The van der Waals surface area contributed by atoms with E-state index in [1.807, 2.05) is 0 Å². The first-order valence-corrected chi connectivity index (χ1v) is 11.2. The molecule has 0 aromatic carbocycles. The molecule has 7 atom stereocenters. The van der Waals surface area contributed by atoms with E-state index in [1.54, 1.807) is 33.8 Å². The van der Waals surface area contributed by atoms with Crippen molar-refractivity contribution in [3.8, 4) is 0 Å². The van der Waals surface area contributed by atoms with Gasteiger partial charge in [0.15, 0.2) is 5.78 Å². The number of carbonyl (C=O) groups excluding carboxylic acids is 5. The first-order chi connectivity index (χ1) is 15.8. The lowest BCUT2D eigenvalue weighted by atomic mass is 9.67. The number of ether oxygens (including phenoxy) is 4. The maximum Gasteiger partial charge on any atom is 0.337 e. The summed E-state index contributed by atoms with van der Waals surface area (Å²) in [6, 6.07) is 0. The fourth-order valence-electron chi connectivity index (χ4n) is 4.98. The number of ketones is 1. The van der Waals surface area contributed by atoms with E-state index in [2.05, 4.69) is 13.2 Å². The molecule has 7 unspecified atom stereocenters. The zero-order chi connectivity index (χ0) is 25.5. The minimum atomic E-state index is -1.28. The Hall–Kier alpha value is -3.23. The predicted molar refractivity (Wildman–Crippen MR) is 118 cm³/mol. The van der Waals surface area contributed by atoms with Crippen molar-refractivity contribution >= 4 is 29.7 Å². The van der Waals surface area contributed by atoms with Crippen molar-refractivity contribution in [1.29, 1.82) is 0 Å². The van der Waals surface area contributed by atoms with Gasteiger partial charge in [-0.3, -0.25) is 14.4 Å². The Balaban J connectivity index is 2.06. The lowest BCUT2D eigenvalue weighted by Gasteiger charge is -2.39. The fraction of sp³-hybridized carbons (Fsp3) is 0.560. The van der Waals surface area contributed by atoms with Crippen LogP contribution in [-0.2, 0) is 42.9 Å². The third-order valence-corrected chi connectivity index (χ3v) is 6.96. The van der Waals surface area contributed by atoms with Gasteiger partial charge < -0.3 is 18.9 Å². The highest BCUT2D eigenvalue weighted by atomic mass is 16.6. The number of hydrogen-bond donors (Lipinski definition) is 0. The average molecular weight is 475 g/mol. The Morgan fingerprint density at radius 3 is 2.44 bits per heavy atom. The lowest BCUT2D eigenvalue weighted by molar-refractivity contribution is -0.172. The van der Waals surface area contributed by atoms with E-state index >= 15 is 0 Å². The Morgan fingerprint density at radius 2 is 1.85 bits per heavy atom. The minimum Gasteiger partial charge on any atom is -0.461 e. The van der Waals surface area contributed by atoms with Crippen LogP contribution in [0.2, 0.25) is 0 Å². The van der Waals surface area contributed by atoms with Crippen LogP contribution in [0.3, 0.4) is 0 Å². The van der Waals surface area contributed by atoms with Crippen LogP contribution in [0.1, 0.15) is 34.6 Å². The number of allylic oxidation sites excluding steroid dienone is 2. The maximum atomic E-state index is 13.2. The third kappa shape index (κ3) is 4.19. The fourth-order valence-corrected chi connectivity index (χ4v) is 4.98. The zero-order valence-corrected chi connectivity index (χ0v) is 20.0. The van der Waals surface area contributed by atoms with E-state index in [-0.39, 0.29) is 23.5 Å². The monoisotopic (exact) mass is 474 g/mol. The summed E-state index contributed by atoms with van der Waals surface area (Å²) >= 11 is 0. The second-order valence-corrected chi connectivity index (χ2v) is 9.58. The van der Waals surface area contributed by atoms with Crippen LogP contribution in [0, 0.1) is 29.1 Å². The molecule has 1 saturated carbocycles. The van der Waals surface area contributed by atoms with Crippen LogP contribution >= 0.6 is 0 Å². The Labute approximate surface area is 198 Å². The van der Waals surface area contributed by atoms with Crippen molar-refractivity contribution in [2.45, 2.75) is 52.9 Å². The van der Waals surface area contributed by atoms with Gasteiger partial charge in [0.1, 0.15) is 24.9 Å². The number of esters is 4. The predicted octanol–water partition coefficient (Wildman–Crippen LogP) is 2.09. The summed E-state index contributed by atoms with van der Waals surface area (Å²) in [7, 11) is 0. The molecule has 34 heavy (non-hydrogen) atoms. The van der Waals surface area contributed by atoms with Gasteiger partial charge in [-0.2, -0.15) is 0 Å². The molecule has 1 aliphatic heterocycles. The highest BCUT2D eigenvalue weighted by Gasteiger charge is 2.65. The van der Waals surface area contributed by atoms with Gasteiger partial charge in [0.05, 0.1) is 22.8 Å². The maximum absolute atomic E-state index is 13.2. The van der Waals surface area contributed by atoms with Crippen molar-refractivity contribution in [3.63, 3.8) is 0 Å². The summed E-state index contributed by atoms with van der Waals surface area (Å²) < 4.78 is 22.0. The topological polar surface area (TPSA) is 122 Å². The van der Waals surface area contributed by atoms with Gasteiger partial charge in [-0.15, -0.1) is 0 Å². The molecule has 0 spiro atoms. The highest BCUT2D eigenvalue weighted by Crippen LogP contribution is 2.55. The van der Waals surface area contributed by atoms with Crippen molar-refractivity contribution in [1.82, 2.24) is 0 Å². The van der Waals surface area contributed by atoms with Crippen LogP contribution in [0.5, 0.6) is 0 Å². The largest absolute Gasteiger partial charge is 0.461 e. The molecule has 184 valence electrons. The lowest BCUT2D eigenvalue weighted by Crippen LogP contribution is -2.49. The van der Waals surface area contributed by atoms with Gasteiger partial charge in [0.25, 0.3) is 0 Å². The Morgan fingerprint density at radius 1 is 1.21 bits per heavy atom. The molecule has 0 amide bonds. The molecule has 3 rings (SSSR count). The molecule has 0 aromatic heterocycles. The molecular formula is C25H30O9. The van der Waals surface area contributed by atoms with E-state index in [0.717, 1.165) is 0 Å². The van der Waals surface area contributed by atoms with Crippen molar-refractivity contribution in [2.24, 2.45) is 29.1 Å². The molecule has 9 heteroatoms. The standard InChI is InChI=1S/C25H30O9/c1-11(2)22(28)32-19-13(4)16-8-9-17(27)25(16,7)21(18-14(5)24(30)33-20(18)19)34-23(29)12(3)10-31-15(6)26/h8-9,11,13,16,18-21H,3,5,10H2,1-2,4,6-7H3. The molecule has 9 nitrogen and oxygen atoms in total. The van der Waals surface area contributed by atoms with Gasteiger partial charge in [0.2, 0.25) is 0 Å². The smallest absolute Gasteiger partial charge is 0.337 e. The van der Waals surface area contributed by atoms with Gasteiger partial charge in [-0.05, 0) is 18.9 Å². The Kier molecular flexibility index (Phi) is 6.87. The van der Waals surface area contributed by atoms with Crippen LogP contribution in [-0.4, -0.2) is 54.6 Å². The normalized spacial score (nSPS) is 34.1. The summed E-state index contributed by atoms with van der Waals surface area (Å²) in [6.45, 7) is 15.1. The van der Waals surface area contributed by atoms with Crippen LogP contribution < -0.4 is 0 Å². The molecular weight excluding hydrogens is 444 g/mol. The van der Waals surface area contributed by atoms with Crippen LogP contribution in [0.25, 0.3) is 0 Å². The summed E-state index contributed by atoms with van der Waals surface area (Å²) in [5.74, 6) is -5.29. The van der Waals surface area contributed by atoms with Crippen molar-refractivity contribution < 1.29 is 42.9 Å². The minimum absolute atomic E-state index is 0.0211. The molecule has 0 radical (unpaired) electrons. The van der Waals surface area contributed by atoms with E-state index in [1.165, 1.54) is 13.0 Å². The Bertz CT molecular complexity index is 990. The van der Waals surface area contributed by atoms with Gasteiger partial charge in [-0.1, -0.05) is 40.0 Å². The summed E-state index contributed by atoms with van der Waals surface area (Å²) in [4.78, 5) is 62.3. The van der Waals surface area contributed by atoms with Crippen LogP contribution in [0.15, 0.2) is 36.5 Å². The number of fused-ring (bicyclic) bond motifs is 2. The number of hydrogen-bond acceptors (Lipinski definition) is 9. The van der Waals surface area contributed by atoms with E-state index in [9.17, 15) is 24.0 Å². The van der Waals surface area contributed by atoms with Gasteiger partial charge >= 0.3 is 23.9 Å². The molecule has 1 saturated heterocycles. The quantitative estimate of drug-likeness (QED) is 0.323. The second kappa shape index (κ2) is 9.19. The van der Waals surface area contributed by atoms with Gasteiger partial charge in [-0.25, -0.2) is 9.59 Å². The molecule has 2 aliphatic carbocycles. The first kappa shape index (κ1) is 25.4. The van der Waals surface area contributed by atoms with Gasteiger partial charge in [0, 0.05) is 18.4 Å². The zero-order valence-electron chi connectivity index (χ0n) is 20.0. The molecule has 0 aromatic rings.